The number of carbonyl (C=O) groups excluding carboxylic acids is 2. The highest BCUT2D eigenvalue weighted by molar-refractivity contribution is 6.11. The van der Waals surface area contributed by atoms with Gasteiger partial charge in [0.25, 0.3) is 0 Å². The van der Waals surface area contributed by atoms with E-state index in [0.29, 0.717) is 28.0 Å². The van der Waals surface area contributed by atoms with Crippen LogP contribution in [0.15, 0.2) is 46.9 Å². The van der Waals surface area contributed by atoms with Gasteiger partial charge in [-0.2, -0.15) is 0 Å². The van der Waals surface area contributed by atoms with Crippen LogP contribution in [0.25, 0.3) is 22.3 Å². The van der Waals surface area contributed by atoms with E-state index in [-0.39, 0.29) is 5.56 Å². The maximum Gasteiger partial charge on any atom is 0.412 e. The van der Waals surface area contributed by atoms with E-state index in [9.17, 15) is 9.59 Å². The zero-order valence-corrected chi connectivity index (χ0v) is 13.2. The van der Waals surface area contributed by atoms with Crippen LogP contribution in [0.4, 0.5) is 4.79 Å². The van der Waals surface area contributed by atoms with Crippen molar-refractivity contribution >= 4 is 23.0 Å². The highest BCUT2D eigenvalue weighted by Crippen LogP contribution is 2.37. The first-order valence-corrected chi connectivity index (χ1v) is 7.19. The van der Waals surface area contributed by atoms with Crippen molar-refractivity contribution in [3.8, 4) is 17.1 Å². The van der Waals surface area contributed by atoms with E-state index >= 15 is 0 Å². The number of primary amides is 1. The molecule has 0 fully saturated rings. The topological polar surface area (TPSA) is 91.8 Å². The summed E-state index contributed by atoms with van der Waals surface area (Å²) in [6.45, 7) is 1.87. The van der Waals surface area contributed by atoms with E-state index in [4.69, 9.17) is 14.9 Å². The Labute approximate surface area is 137 Å². The number of methoxy groups -OCH3 is 1. The number of nitrogens with two attached hydrogens (primary N) is 1. The molecule has 0 saturated carbocycles. The van der Waals surface area contributed by atoms with Gasteiger partial charge in [0, 0.05) is 10.9 Å². The van der Waals surface area contributed by atoms with Gasteiger partial charge in [0.15, 0.2) is 0 Å². The van der Waals surface area contributed by atoms with Crippen LogP contribution in [0.2, 0.25) is 0 Å². The van der Waals surface area contributed by atoms with Crippen molar-refractivity contribution in [2.45, 2.75) is 6.92 Å². The van der Waals surface area contributed by atoms with Crippen molar-refractivity contribution in [1.29, 1.82) is 0 Å². The SMILES string of the molecule is COc1cc2c(C(=O)OC(N)=O)c(-c3ccccc3)oc2cc1C. The van der Waals surface area contributed by atoms with Crippen LogP contribution in [0, 0.1) is 6.92 Å². The van der Waals surface area contributed by atoms with E-state index in [1.54, 1.807) is 24.3 Å². The molecule has 0 aliphatic carbocycles. The van der Waals surface area contributed by atoms with Gasteiger partial charge < -0.3 is 19.6 Å². The number of hydrogen-bond donors (Lipinski definition) is 1. The van der Waals surface area contributed by atoms with Crippen molar-refractivity contribution in [3.05, 3.63) is 53.6 Å². The van der Waals surface area contributed by atoms with E-state index in [1.807, 2.05) is 25.1 Å². The minimum Gasteiger partial charge on any atom is -0.496 e. The van der Waals surface area contributed by atoms with Gasteiger partial charge in [-0.05, 0) is 24.6 Å². The molecule has 0 aliphatic heterocycles. The number of amides is 1. The summed E-state index contributed by atoms with van der Waals surface area (Å²) < 4.78 is 15.7. The molecule has 2 N–H and O–H groups in total. The van der Waals surface area contributed by atoms with Crippen LogP contribution in [0.5, 0.6) is 5.75 Å². The second-order valence-corrected chi connectivity index (χ2v) is 5.20. The third kappa shape index (κ3) is 2.69. The third-order valence-electron chi connectivity index (χ3n) is 3.64. The van der Waals surface area contributed by atoms with Crippen molar-refractivity contribution in [2.75, 3.05) is 7.11 Å². The Morgan fingerprint density at radius 1 is 1.12 bits per heavy atom. The summed E-state index contributed by atoms with van der Waals surface area (Å²) in [5.74, 6) is 0.0338. The van der Waals surface area contributed by atoms with Crippen LogP contribution >= 0.6 is 0 Å². The highest BCUT2D eigenvalue weighted by Gasteiger charge is 2.25. The fourth-order valence-corrected chi connectivity index (χ4v) is 2.58. The van der Waals surface area contributed by atoms with Gasteiger partial charge in [-0.3, -0.25) is 0 Å². The predicted octanol–water partition coefficient (Wildman–Crippen LogP) is 3.65. The van der Waals surface area contributed by atoms with E-state index < -0.39 is 12.1 Å². The van der Waals surface area contributed by atoms with E-state index in [1.165, 1.54) is 7.11 Å². The van der Waals surface area contributed by atoms with Crippen molar-refractivity contribution in [3.63, 3.8) is 0 Å². The summed E-state index contributed by atoms with van der Waals surface area (Å²) in [4.78, 5) is 23.4. The standard InChI is InChI=1S/C18H15NO5/c1-10-8-14-12(9-13(10)22-2)15(17(20)24-18(19)21)16(23-14)11-6-4-3-5-7-11/h3-9H,1-2H3,(H2,19,21). The van der Waals surface area contributed by atoms with Crippen molar-refractivity contribution in [1.82, 2.24) is 0 Å². The number of esters is 1. The summed E-state index contributed by atoms with van der Waals surface area (Å²) in [6, 6.07) is 12.5. The molecular formula is C18H15NO5. The molecule has 1 amide bonds. The molecular weight excluding hydrogens is 310 g/mol. The summed E-state index contributed by atoms with van der Waals surface area (Å²) in [6.07, 6.45) is -1.17. The average molecular weight is 325 g/mol. The first kappa shape index (κ1) is 15.6. The molecule has 3 rings (SSSR count). The van der Waals surface area contributed by atoms with Crippen LogP contribution in [-0.4, -0.2) is 19.2 Å². The second-order valence-electron chi connectivity index (χ2n) is 5.20. The fraction of sp³-hybridized carbons (Fsp3) is 0.111. The number of ether oxygens (including phenoxy) is 2. The molecule has 1 heterocycles. The van der Waals surface area contributed by atoms with Gasteiger partial charge >= 0.3 is 12.1 Å². The average Bonchev–Trinajstić information content (AvgIpc) is 2.92. The van der Waals surface area contributed by atoms with Crippen LogP contribution in [-0.2, 0) is 4.74 Å². The minimum atomic E-state index is -1.17. The van der Waals surface area contributed by atoms with Crippen LogP contribution in [0.3, 0.4) is 0 Å². The number of hydrogen-bond acceptors (Lipinski definition) is 5. The summed E-state index contributed by atoms with van der Waals surface area (Å²) in [5.41, 5.74) is 7.13. The Kier molecular flexibility index (Phi) is 3.95. The van der Waals surface area contributed by atoms with Gasteiger partial charge in [-0.1, -0.05) is 30.3 Å². The van der Waals surface area contributed by atoms with Gasteiger partial charge in [0.2, 0.25) is 0 Å². The maximum absolute atomic E-state index is 12.4. The van der Waals surface area contributed by atoms with Gasteiger partial charge in [-0.15, -0.1) is 0 Å². The minimum absolute atomic E-state index is 0.133. The second kappa shape index (κ2) is 6.08. The lowest BCUT2D eigenvalue weighted by Gasteiger charge is -2.04. The maximum atomic E-state index is 12.4. The third-order valence-corrected chi connectivity index (χ3v) is 3.64. The molecule has 0 atom stereocenters. The Hall–Kier alpha value is -3.28. The lowest BCUT2D eigenvalue weighted by molar-refractivity contribution is 0.0640. The number of aryl methyl sites for hydroxylation is 1. The highest BCUT2D eigenvalue weighted by atomic mass is 16.6. The monoisotopic (exact) mass is 325 g/mol. The van der Waals surface area contributed by atoms with Crippen LogP contribution in [0.1, 0.15) is 15.9 Å². The van der Waals surface area contributed by atoms with Crippen molar-refractivity contribution < 1.29 is 23.5 Å². The number of fused-ring (bicyclic) bond motifs is 1. The zero-order valence-electron chi connectivity index (χ0n) is 13.2. The van der Waals surface area contributed by atoms with Crippen LogP contribution < -0.4 is 10.5 Å². The molecule has 0 unspecified atom stereocenters. The Morgan fingerprint density at radius 3 is 2.46 bits per heavy atom. The molecule has 0 aliphatic rings. The summed E-state index contributed by atoms with van der Waals surface area (Å²) in [5, 5.41) is 0.488. The largest absolute Gasteiger partial charge is 0.496 e. The molecule has 3 aromatic rings. The van der Waals surface area contributed by atoms with Gasteiger partial charge in [0.1, 0.15) is 22.7 Å². The number of benzene rings is 2. The molecule has 1 aromatic heterocycles. The normalized spacial score (nSPS) is 10.6. The lowest BCUT2D eigenvalue weighted by atomic mass is 10.0. The van der Waals surface area contributed by atoms with Gasteiger partial charge in [-0.25, -0.2) is 9.59 Å². The van der Waals surface area contributed by atoms with Gasteiger partial charge in [0.05, 0.1) is 7.11 Å². The number of carbonyl (C=O) groups is 2. The number of rotatable bonds is 3. The molecule has 0 spiro atoms. The molecule has 6 heteroatoms. The molecule has 24 heavy (non-hydrogen) atoms. The number of furan rings is 1. The molecule has 2 aromatic carbocycles. The fourth-order valence-electron chi connectivity index (χ4n) is 2.58. The predicted molar refractivity (Wildman–Crippen MR) is 87.9 cm³/mol. The Bertz CT molecular complexity index is 927. The molecule has 122 valence electrons. The quantitative estimate of drug-likeness (QED) is 0.586. The van der Waals surface area contributed by atoms with E-state index in [0.717, 1.165) is 5.56 Å². The molecule has 6 nitrogen and oxygen atoms in total. The smallest absolute Gasteiger partial charge is 0.412 e. The lowest BCUT2D eigenvalue weighted by Crippen LogP contribution is -2.18. The Morgan fingerprint density at radius 2 is 1.83 bits per heavy atom. The first-order chi connectivity index (χ1) is 11.5. The molecule has 0 saturated heterocycles. The first-order valence-electron chi connectivity index (χ1n) is 7.19. The molecule has 0 radical (unpaired) electrons. The summed E-state index contributed by atoms with van der Waals surface area (Å²) in [7, 11) is 1.54. The zero-order chi connectivity index (χ0) is 17.3. The Balaban J connectivity index is 2.30. The van der Waals surface area contributed by atoms with E-state index in [2.05, 4.69) is 4.74 Å². The van der Waals surface area contributed by atoms with Crippen molar-refractivity contribution in [2.24, 2.45) is 5.73 Å². The summed E-state index contributed by atoms with van der Waals surface area (Å²) >= 11 is 0. The molecule has 0 bridgehead atoms.